The fraction of sp³-hybridized carbons (Fsp3) is 0.133. The molecule has 0 fully saturated rings. The molecule has 1 amide bonds. The largest absolute Gasteiger partial charge is 0.378 e. The Morgan fingerprint density at radius 1 is 1.20 bits per heavy atom. The molecule has 2 heterocycles. The molecule has 2 N–H and O–H groups in total. The molecule has 0 aliphatic carbocycles. The highest BCUT2D eigenvalue weighted by Crippen LogP contribution is 2.22. The molecule has 102 valence electrons. The van der Waals surface area contributed by atoms with E-state index in [4.69, 9.17) is 0 Å². The molecular weight excluding hydrogens is 270 g/mol. The lowest BCUT2D eigenvalue weighted by Crippen LogP contribution is -2.13. The van der Waals surface area contributed by atoms with Crippen molar-refractivity contribution >= 4 is 38.8 Å². The van der Waals surface area contributed by atoms with E-state index < -0.39 is 0 Å². The van der Waals surface area contributed by atoms with Crippen molar-refractivity contribution < 1.29 is 4.79 Å². The Labute approximate surface area is 121 Å². The summed E-state index contributed by atoms with van der Waals surface area (Å²) in [6.07, 6.45) is 0. The number of carbonyl (C=O) groups excluding carboxylic acids is 1. The lowest BCUT2D eigenvalue weighted by Gasteiger charge is -2.12. The van der Waals surface area contributed by atoms with Crippen molar-refractivity contribution in [2.75, 3.05) is 24.3 Å². The second kappa shape index (κ2) is 5.02. The molecule has 0 spiro atoms. The summed E-state index contributed by atoms with van der Waals surface area (Å²) in [5.41, 5.74) is 3.48. The Morgan fingerprint density at radius 3 is 2.60 bits per heavy atom. The zero-order valence-electron chi connectivity index (χ0n) is 11.3. The topological polar surface area (TPSA) is 48.1 Å². The zero-order valence-corrected chi connectivity index (χ0v) is 12.1. The van der Waals surface area contributed by atoms with Crippen LogP contribution >= 0.6 is 11.3 Å². The number of anilines is 2. The first kappa shape index (κ1) is 12.7. The maximum Gasteiger partial charge on any atom is 0.272 e. The average molecular weight is 285 g/mol. The molecule has 0 aliphatic heterocycles. The second-order valence-corrected chi connectivity index (χ2v) is 5.72. The van der Waals surface area contributed by atoms with E-state index >= 15 is 0 Å². The smallest absolute Gasteiger partial charge is 0.272 e. The van der Waals surface area contributed by atoms with Crippen LogP contribution in [0.25, 0.3) is 10.2 Å². The first-order valence-corrected chi connectivity index (χ1v) is 7.16. The summed E-state index contributed by atoms with van der Waals surface area (Å²) in [5, 5.41) is 4.89. The molecule has 0 radical (unpaired) electrons. The number of nitrogens with zero attached hydrogens (tertiary/aromatic N) is 1. The predicted octanol–water partition coefficient (Wildman–Crippen LogP) is 3.55. The van der Waals surface area contributed by atoms with Crippen LogP contribution in [0.2, 0.25) is 0 Å². The van der Waals surface area contributed by atoms with Gasteiger partial charge in [0.15, 0.2) is 0 Å². The van der Waals surface area contributed by atoms with E-state index in [0.29, 0.717) is 5.69 Å². The molecule has 0 unspecified atom stereocenters. The molecule has 3 aromatic rings. The predicted molar refractivity (Wildman–Crippen MR) is 84.9 cm³/mol. The van der Waals surface area contributed by atoms with Crippen molar-refractivity contribution in [2.45, 2.75) is 0 Å². The standard InChI is InChI=1S/C15H15N3OS/c1-18(2)11-5-3-10(4-6-11)16-15(19)13-9-14-12(17-13)7-8-20-14/h3-9,17H,1-2H3,(H,16,19). The van der Waals surface area contributed by atoms with Gasteiger partial charge in [0.2, 0.25) is 0 Å². The molecule has 5 heteroatoms. The maximum absolute atomic E-state index is 12.2. The molecular formula is C15H15N3OS. The van der Waals surface area contributed by atoms with Gasteiger partial charge in [0.25, 0.3) is 5.91 Å². The summed E-state index contributed by atoms with van der Waals surface area (Å²) in [6, 6.07) is 11.6. The molecule has 0 saturated carbocycles. The Morgan fingerprint density at radius 2 is 1.95 bits per heavy atom. The van der Waals surface area contributed by atoms with Gasteiger partial charge in [-0.05, 0) is 41.8 Å². The van der Waals surface area contributed by atoms with Crippen molar-refractivity contribution in [3.8, 4) is 0 Å². The van der Waals surface area contributed by atoms with Crippen LogP contribution < -0.4 is 10.2 Å². The molecule has 3 rings (SSSR count). The minimum absolute atomic E-state index is 0.119. The highest BCUT2D eigenvalue weighted by atomic mass is 32.1. The third-order valence-electron chi connectivity index (χ3n) is 3.13. The molecule has 2 aromatic heterocycles. The van der Waals surface area contributed by atoms with Crippen molar-refractivity contribution in [1.29, 1.82) is 0 Å². The Bertz CT molecular complexity index is 711. The van der Waals surface area contributed by atoms with E-state index in [0.717, 1.165) is 21.6 Å². The average Bonchev–Trinajstić information content (AvgIpc) is 2.99. The third kappa shape index (κ3) is 2.40. The number of benzene rings is 1. The number of rotatable bonds is 3. The van der Waals surface area contributed by atoms with Gasteiger partial charge in [0, 0.05) is 25.5 Å². The summed E-state index contributed by atoms with van der Waals surface area (Å²) in [5.74, 6) is -0.119. The fourth-order valence-electron chi connectivity index (χ4n) is 2.01. The second-order valence-electron chi connectivity index (χ2n) is 4.78. The highest BCUT2D eigenvalue weighted by molar-refractivity contribution is 7.17. The van der Waals surface area contributed by atoms with E-state index in [-0.39, 0.29) is 5.91 Å². The van der Waals surface area contributed by atoms with Gasteiger partial charge < -0.3 is 15.2 Å². The fourth-order valence-corrected chi connectivity index (χ4v) is 2.79. The number of aromatic amines is 1. The molecule has 1 aromatic carbocycles. The maximum atomic E-state index is 12.2. The van der Waals surface area contributed by atoms with Gasteiger partial charge in [-0.15, -0.1) is 11.3 Å². The lowest BCUT2D eigenvalue weighted by molar-refractivity contribution is 0.102. The number of nitrogens with one attached hydrogen (secondary N) is 2. The van der Waals surface area contributed by atoms with Gasteiger partial charge in [-0.2, -0.15) is 0 Å². The van der Waals surface area contributed by atoms with E-state index in [1.807, 2.05) is 60.8 Å². The number of H-pyrrole nitrogens is 1. The van der Waals surface area contributed by atoms with E-state index in [2.05, 4.69) is 10.3 Å². The number of hydrogen-bond acceptors (Lipinski definition) is 3. The number of aromatic nitrogens is 1. The number of fused-ring (bicyclic) bond motifs is 1. The minimum Gasteiger partial charge on any atom is -0.378 e. The van der Waals surface area contributed by atoms with E-state index in [1.54, 1.807) is 11.3 Å². The van der Waals surface area contributed by atoms with Gasteiger partial charge >= 0.3 is 0 Å². The van der Waals surface area contributed by atoms with Gasteiger partial charge in [-0.3, -0.25) is 4.79 Å². The highest BCUT2D eigenvalue weighted by Gasteiger charge is 2.10. The number of thiophene rings is 1. The van der Waals surface area contributed by atoms with Gasteiger partial charge in [0.05, 0.1) is 10.2 Å². The van der Waals surface area contributed by atoms with Crippen LogP contribution in [-0.2, 0) is 0 Å². The summed E-state index contributed by atoms with van der Waals surface area (Å²) < 4.78 is 1.10. The van der Waals surface area contributed by atoms with Crippen molar-refractivity contribution in [2.24, 2.45) is 0 Å². The van der Waals surface area contributed by atoms with Crippen molar-refractivity contribution in [1.82, 2.24) is 4.98 Å². The van der Waals surface area contributed by atoms with Crippen LogP contribution in [0.5, 0.6) is 0 Å². The quantitative estimate of drug-likeness (QED) is 0.773. The Balaban J connectivity index is 1.76. The lowest BCUT2D eigenvalue weighted by atomic mass is 10.2. The molecule has 20 heavy (non-hydrogen) atoms. The van der Waals surface area contributed by atoms with Crippen molar-refractivity contribution in [3.05, 3.63) is 47.5 Å². The zero-order chi connectivity index (χ0) is 14.1. The SMILES string of the molecule is CN(C)c1ccc(NC(=O)c2cc3sccc3[nH]2)cc1. The number of carbonyl (C=O) groups is 1. The molecule has 0 atom stereocenters. The van der Waals surface area contributed by atoms with Gasteiger partial charge in [0.1, 0.15) is 5.69 Å². The first-order valence-electron chi connectivity index (χ1n) is 6.28. The summed E-state index contributed by atoms with van der Waals surface area (Å²) in [6.45, 7) is 0. The van der Waals surface area contributed by atoms with Crippen molar-refractivity contribution in [3.63, 3.8) is 0 Å². The van der Waals surface area contributed by atoms with Crippen LogP contribution in [-0.4, -0.2) is 25.0 Å². The normalized spacial score (nSPS) is 10.7. The Hall–Kier alpha value is -2.27. The van der Waals surface area contributed by atoms with Gasteiger partial charge in [-0.1, -0.05) is 0 Å². The number of amides is 1. The minimum atomic E-state index is -0.119. The molecule has 0 saturated heterocycles. The Kier molecular flexibility index (Phi) is 3.20. The van der Waals surface area contributed by atoms with Crippen LogP contribution in [0.1, 0.15) is 10.5 Å². The molecule has 0 aliphatic rings. The van der Waals surface area contributed by atoms with E-state index in [1.165, 1.54) is 0 Å². The van der Waals surface area contributed by atoms with E-state index in [9.17, 15) is 4.79 Å². The monoisotopic (exact) mass is 285 g/mol. The van der Waals surface area contributed by atoms with Gasteiger partial charge in [-0.25, -0.2) is 0 Å². The van der Waals surface area contributed by atoms with Crippen LogP contribution in [0, 0.1) is 0 Å². The van der Waals surface area contributed by atoms with Crippen LogP contribution in [0.3, 0.4) is 0 Å². The summed E-state index contributed by atoms with van der Waals surface area (Å²) >= 11 is 1.62. The summed E-state index contributed by atoms with van der Waals surface area (Å²) in [7, 11) is 3.97. The molecule has 0 bridgehead atoms. The first-order chi connectivity index (χ1) is 9.63. The molecule has 4 nitrogen and oxygen atoms in total. The van der Waals surface area contributed by atoms with Crippen LogP contribution in [0.4, 0.5) is 11.4 Å². The summed E-state index contributed by atoms with van der Waals surface area (Å²) in [4.78, 5) is 17.3. The van der Waals surface area contributed by atoms with Crippen LogP contribution in [0.15, 0.2) is 41.8 Å². The third-order valence-corrected chi connectivity index (χ3v) is 3.99. The number of hydrogen-bond donors (Lipinski definition) is 2.